The van der Waals surface area contributed by atoms with E-state index in [9.17, 15) is 5.48 Å². The van der Waals surface area contributed by atoms with E-state index in [-0.39, 0.29) is 50.2 Å². The van der Waals surface area contributed by atoms with Gasteiger partial charge in [0.2, 0.25) is 0 Å². The number of rotatable bonds is 6. The molecule has 0 radical (unpaired) electrons. The summed E-state index contributed by atoms with van der Waals surface area (Å²) in [6.45, 7) is 2.86. The van der Waals surface area contributed by atoms with Crippen LogP contribution in [0.3, 0.4) is 0 Å². The fourth-order valence-electron chi connectivity index (χ4n) is 8.51. The van der Waals surface area contributed by atoms with E-state index >= 15 is 0 Å². The van der Waals surface area contributed by atoms with Gasteiger partial charge < -0.3 is 9.80 Å². The number of aryl methyl sites for hydroxylation is 2. The number of nitrogens with zero attached hydrogens (tertiary/aromatic N) is 2. The molecule has 0 spiro atoms. The second-order valence-corrected chi connectivity index (χ2v) is 14.4. The van der Waals surface area contributed by atoms with Gasteiger partial charge in [-0.25, -0.2) is 0 Å². The van der Waals surface area contributed by atoms with Crippen LogP contribution in [0.4, 0.5) is 34.1 Å². The quantitative estimate of drug-likeness (QED) is 0.155. The molecule has 0 unspecified atom stereocenters. The van der Waals surface area contributed by atoms with Gasteiger partial charge in [-0.2, -0.15) is 0 Å². The average molecular weight is 773 g/mol. The fourth-order valence-corrected chi connectivity index (χ4v) is 8.51. The first-order chi connectivity index (χ1) is 37.4. The Hall–Kier alpha value is -7.36. The molecule has 0 amide bonds. The van der Waals surface area contributed by atoms with Gasteiger partial charge in [0.05, 0.1) is 33.1 Å². The molecule has 2 nitrogen and oxygen atoms in total. The number of benzene rings is 9. The van der Waals surface area contributed by atoms with Gasteiger partial charge in [0.1, 0.15) is 0 Å². The summed E-state index contributed by atoms with van der Waals surface area (Å²) in [7, 11) is 0. The maximum Gasteiger partial charge on any atom is 0.252 e. The molecule has 9 aromatic carbocycles. The van der Waals surface area contributed by atoms with Crippen LogP contribution in [0.1, 0.15) is 38.5 Å². The highest BCUT2D eigenvalue weighted by Gasteiger charge is 2.44. The molecular weight excluding hydrogens is 711 g/mol. The number of para-hydroxylation sites is 1. The van der Waals surface area contributed by atoms with Crippen LogP contribution in [-0.4, -0.2) is 6.71 Å². The Morgan fingerprint density at radius 2 is 0.898 bits per heavy atom. The fraction of sp³-hybridized carbons (Fsp3) is 0.0357. The lowest BCUT2D eigenvalue weighted by atomic mass is 9.33. The normalized spacial score (nSPS) is 17.2. The van der Waals surface area contributed by atoms with Gasteiger partial charge in [0.15, 0.2) is 0 Å². The molecule has 0 aliphatic carbocycles. The summed E-state index contributed by atoms with van der Waals surface area (Å²) in [5.41, 5.74) is 5.71. The van der Waals surface area contributed by atoms with E-state index < -0.39 is 128 Å². The minimum absolute atomic E-state index is 0.0627. The summed E-state index contributed by atoms with van der Waals surface area (Å²) >= 11 is 0. The predicted molar refractivity (Wildman–Crippen MR) is 252 cm³/mol. The van der Waals surface area contributed by atoms with Crippen molar-refractivity contribution in [1.82, 2.24) is 0 Å². The molecule has 3 heteroatoms. The van der Waals surface area contributed by atoms with Crippen molar-refractivity contribution < 1.29 is 27.4 Å². The molecule has 0 fully saturated rings. The number of hydrogen-bond donors (Lipinski definition) is 0. The van der Waals surface area contributed by atoms with E-state index in [1.165, 1.54) is 0 Å². The van der Waals surface area contributed by atoms with Crippen molar-refractivity contribution in [1.29, 1.82) is 0 Å². The SMILES string of the molecule is [2H]c1c([2H])c([2H])c(-c2cccc(N3c4cc(-c5c([2H])c([2H])c([2H])c([2H])c5[2H])ccc4B4c5ccccc5N(c5c(-c6c([2H])c([2H])c([2H])c([2H])c6[2H])cc(C)cc5-c5c([2H])c([2H])c([2H])c([2H])c5[2H])c5cc(C)cc3c54)c2)c([2H])c1[2H]. The third kappa shape index (κ3) is 5.89. The molecule has 11 rings (SSSR count). The zero-order valence-corrected chi connectivity index (χ0v) is 31.6. The van der Waals surface area contributed by atoms with Crippen LogP contribution < -0.4 is 26.2 Å². The largest absolute Gasteiger partial charge is 0.311 e. The lowest BCUT2D eigenvalue weighted by Gasteiger charge is -2.45. The second kappa shape index (κ2) is 14.2. The Labute approximate surface area is 375 Å². The van der Waals surface area contributed by atoms with E-state index in [0.29, 0.717) is 56.0 Å². The molecule has 2 aliphatic heterocycles. The van der Waals surface area contributed by atoms with Crippen molar-refractivity contribution in [3.8, 4) is 44.5 Å². The Morgan fingerprint density at radius 1 is 0.390 bits per heavy atom. The maximum atomic E-state index is 9.36. The van der Waals surface area contributed by atoms with Crippen LogP contribution in [-0.2, 0) is 0 Å². The van der Waals surface area contributed by atoms with E-state index in [4.69, 9.17) is 21.9 Å². The summed E-state index contributed by atoms with van der Waals surface area (Å²) in [6.07, 6.45) is 0. The van der Waals surface area contributed by atoms with Crippen LogP contribution >= 0.6 is 0 Å². The summed E-state index contributed by atoms with van der Waals surface area (Å²) in [4.78, 5) is 3.71. The van der Waals surface area contributed by atoms with Gasteiger partial charge in [-0.1, -0.05) is 163 Å². The molecule has 0 aromatic heterocycles. The van der Waals surface area contributed by atoms with E-state index in [1.54, 1.807) is 61.5 Å². The molecule has 2 heterocycles. The smallest absolute Gasteiger partial charge is 0.252 e. The topological polar surface area (TPSA) is 6.48 Å². The Balaban J connectivity index is 1.29. The van der Waals surface area contributed by atoms with Gasteiger partial charge in [-0.3, -0.25) is 0 Å². The first kappa shape index (κ1) is 19.9. The van der Waals surface area contributed by atoms with Crippen LogP contribution in [0.5, 0.6) is 0 Å². The van der Waals surface area contributed by atoms with Crippen molar-refractivity contribution in [3.05, 3.63) is 223 Å². The maximum absolute atomic E-state index is 9.36. The molecule has 9 aromatic rings. The van der Waals surface area contributed by atoms with Gasteiger partial charge in [0, 0.05) is 39.6 Å². The summed E-state index contributed by atoms with van der Waals surface area (Å²) < 4.78 is 177. The highest BCUT2D eigenvalue weighted by atomic mass is 15.2. The highest BCUT2D eigenvalue weighted by Crippen LogP contribution is 2.50. The van der Waals surface area contributed by atoms with Gasteiger partial charge in [-0.05, 0) is 123 Å². The van der Waals surface area contributed by atoms with E-state index in [2.05, 4.69) is 0 Å². The highest BCUT2D eigenvalue weighted by molar-refractivity contribution is 7.00. The third-order valence-electron chi connectivity index (χ3n) is 10.8. The molecule has 0 bridgehead atoms. The van der Waals surface area contributed by atoms with Crippen LogP contribution in [0, 0.1) is 13.8 Å². The lowest BCUT2D eigenvalue weighted by Crippen LogP contribution is -2.61. The number of fused-ring (bicyclic) bond motifs is 4. The van der Waals surface area contributed by atoms with Crippen LogP contribution in [0.25, 0.3) is 44.5 Å². The second-order valence-electron chi connectivity index (χ2n) is 14.4. The van der Waals surface area contributed by atoms with Crippen molar-refractivity contribution in [2.45, 2.75) is 13.8 Å². The Morgan fingerprint density at radius 3 is 1.51 bits per heavy atom. The van der Waals surface area contributed by atoms with Crippen molar-refractivity contribution in [2.24, 2.45) is 0 Å². The third-order valence-corrected chi connectivity index (χ3v) is 10.8. The monoisotopic (exact) mass is 772 g/mol. The first-order valence-electron chi connectivity index (χ1n) is 28.9. The molecule has 2 aliphatic rings. The molecule has 0 atom stereocenters. The number of hydrogen-bond acceptors (Lipinski definition) is 2. The predicted octanol–water partition coefficient (Wildman–Crippen LogP) is 13.1. The van der Waals surface area contributed by atoms with E-state index in [1.807, 2.05) is 53.1 Å². The van der Waals surface area contributed by atoms with Crippen LogP contribution in [0.15, 0.2) is 212 Å². The number of anilines is 6. The molecule has 0 saturated heterocycles. The van der Waals surface area contributed by atoms with E-state index in [0.717, 1.165) is 0 Å². The van der Waals surface area contributed by atoms with Gasteiger partial charge in [0.25, 0.3) is 6.71 Å². The standard InChI is InChI=1S/C56H41BN2/c1-38-32-47(42-22-11-5-12-23-42)56(48(33-38)43-24-13-6-14-25-43)59-51-29-16-15-28-49(51)57-50-31-30-45(41-20-9-4-10-21-41)37-52(50)58(53-34-39(2)35-54(59)55(53)57)46-27-17-26-44(36-46)40-18-7-3-8-19-40/h3-37H,1-2H3/i3D,4D,5D,6D,7D,8D,9D,10D,11D,12D,13D,14D,18D,19D,20D,21D,22D,23D,24D,25D. The molecular formula is C56H41BN2. The Kier molecular flexibility index (Phi) is 4.79. The zero-order chi connectivity index (χ0) is 56.9. The Bertz CT molecular complexity index is 4010. The molecule has 0 saturated carbocycles. The molecule has 278 valence electrons. The molecule has 59 heavy (non-hydrogen) atoms. The van der Waals surface area contributed by atoms with Gasteiger partial charge >= 0.3 is 0 Å². The average Bonchev–Trinajstić information content (AvgIpc) is 3.18. The summed E-state index contributed by atoms with van der Waals surface area (Å²) in [6, 6.07) is 15.4. The molecule has 0 N–H and O–H groups in total. The lowest BCUT2D eigenvalue weighted by molar-refractivity contribution is 1.24. The minimum atomic E-state index is -0.679. The zero-order valence-electron chi connectivity index (χ0n) is 51.6. The first-order valence-corrected chi connectivity index (χ1v) is 18.9. The minimum Gasteiger partial charge on any atom is -0.311 e. The summed E-state index contributed by atoms with van der Waals surface area (Å²) in [5.74, 6) is 0. The van der Waals surface area contributed by atoms with Crippen molar-refractivity contribution in [3.63, 3.8) is 0 Å². The van der Waals surface area contributed by atoms with Crippen molar-refractivity contribution >= 4 is 57.2 Å². The summed E-state index contributed by atoms with van der Waals surface area (Å²) in [5, 5.41) is 0. The van der Waals surface area contributed by atoms with Crippen LogP contribution in [0.2, 0.25) is 0 Å². The van der Waals surface area contributed by atoms with Crippen molar-refractivity contribution in [2.75, 3.05) is 9.80 Å². The van der Waals surface area contributed by atoms with Gasteiger partial charge in [-0.15, -0.1) is 0 Å².